The van der Waals surface area contributed by atoms with E-state index in [-0.39, 0.29) is 0 Å². The highest BCUT2D eigenvalue weighted by atomic mass is 14.9. The number of dihydropyridines is 1. The Kier molecular flexibility index (Phi) is 1.84. The summed E-state index contributed by atoms with van der Waals surface area (Å²) in [5.41, 5.74) is 0.321. The van der Waals surface area contributed by atoms with E-state index in [2.05, 4.69) is 38.2 Å². The second kappa shape index (κ2) is 2.49. The van der Waals surface area contributed by atoms with E-state index in [1.54, 1.807) is 0 Å². The van der Waals surface area contributed by atoms with Crippen LogP contribution in [-0.2, 0) is 0 Å². The summed E-state index contributed by atoms with van der Waals surface area (Å²) < 4.78 is 0. The van der Waals surface area contributed by atoms with Gasteiger partial charge in [-0.2, -0.15) is 0 Å². The zero-order valence-corrected chi connectivity index (χ0v) is 6.89. The molecule has 0 aliphatic carbocycles. The minimum atomic E-state index is 0.321. The molecule has 0 radical (unpaired) electrons. The van der Waals surface area contributed by atoms with Crippen LogP contribution in [0.3, 0.4) is 0 Å². The monoisotopic (exact) mass is 137 g/mol. The van der Waals surface area contributed by atoms with Gasteiger partial charge >= 0.3 is 0 Å². The van der Waals surface area contributed by atoms with Crippen LogP contribution in [0.5, 0.6) is 0 Å². The van der Waals surface area contributed by atoms with Gasteiger partial charge < -0.3 is 5.32 Å². The maximum atomic E-state index is 3.29. The van der Waals surface area contributed by atoms with Crippen LogP contribution in [0.25, 0.3) is 0 Å². The van der Waals surface area contributed by atoms with E-state index >= 15 is 0 Å². The van der Waals surface area contributed by atoms with E-state index in [1.165, 1.54) is 0 Å². The summed E-state index contributed by atoms with van der Waals surface area (Å²) in [7, 11) is 0. The molecule has 0 spiro atoms. The maximum absolute atomic E-state index is 3.29. The van der Waals surface area contributed by atoms with E-state index in [1.807, 2.05) is 12.3 Å². The number of hydrogen-bond acceptors (Lipinski definition) is 1. The van der Waals surface area contributed by atoms with Gasteiger partial charge in [-0.1, -0.05) is 32.9 Å². The molecule has 0 unspecified atom stereocenters. The maximum Gasteiger partial charge on any atom is 0.0490 e. The van der Waals surface area contributed by atoms with Gasteiger partial charge in [0.15, 0.2) is 0 Å². The molecule has 0 aromatic heterocycles. The van der Waals surface area contributed by atoms with Crippen LogP contribution in [-0.4, -0.2) is 6.04 Å². The lowest BCUT2D eigenvalue weighted by Crippen LogP contribution is -2.36. The molecule has 1 atom stereocenters. The lowest BCUT2D eigenvalue weighted by molar-refractivity contribution is 0.334. The summed E-state index contributed by atoms with van der Waals surface area (Å²) in [5.74, 6) is 0. The third kappa shape index (κ3) is 1.63. The van der Waals surface area contributed by atoms with Crippen LogP contribution in [0, 0.1) is 5.41 Å². The second-order valence-corrected chi connectivity index (χ2v) is 3.75. The van der Waals surface area contributed by atoms with Crippen LogP contribution in [0.4, 0.5) is 0 Å². The van der Waals surface area contributed by atoms with Crippen molar-refractivity contribution < 1.29 is 0 Å². The summed E-state index contributed by atoms with van der Waals surface area (Å²) in [6, 6.07) is 0.484. The Morgan fingerprint density at radius 2 is 1.90 bits per heavy atom. The second-order valence-electron chi connectivity index (χ2n) is 3.75. The minimum Gasteiger partial charge on any atom is -0.384 e. The Morgan fingerprint density at radius 3 is 2.20 bits per heavy atom. The van der Waals surface area contributed by atoms with Crippen molar-refractivity contribution in [1.29, 1.82) is 0 Å². The molecule has 1 aliphatic heterocycles. The molecule has 0 amide bonds. The van der Waals surface area contributed by atoms with Crippen LogP contribution in [0.1, 0.15) is 20.8 Å². The Hall–Kier alpha value is -0.720. The summed E-state index contributed by atoms with van der Waals surface area (Å²) in [6.07, 6.45) is 8.30. The number of hydrogen-bond donors (Lipinski definition) is 1. The van der Waals surface area contributed by atoms with Gasteiger partial charge in [-0.15, -0.1) is 0 Å². The molecule has 0 aromatic carbocycles. The van der Waals surface area contributed by atoms with Crippen molar-refractivity contribution in [3.8, 4) is 0 Å². The van der Waals surface area contributed by atoms with Crippen molar-refractivity contribution in [2.75, 3.05) is 0 Å². The average molecular weight is 137 g/mol. The molecule has 0 saturated carbocycles. The average Bonchev–Trinajstić information content (AvgIpc) is 1.88. The van der Waals surface area contributed by atoms with Crippen LogP contribution in [0.2, 0.25) is 0 Å². The fourth-order valence-electron chi connectivity index (χ4n) is 0.984. The third-order valence-electron chi connectivity index (χ3n) is 1.72. The summed E-state index contributed by atoms with van der Waals surface area (Å²) >= 11 is 0. The molecule has 10 heavy (non-hydrogen) atoms. The van der Waals surface area contributed by atoms with E-state index in [0.717, 1.165) is 0 Å². The zero-order valence-electron chi connectivity index (χ0n) is 6.89. The first kappa shape index (κ1) is 7.39. The quantitative estimate of drug-likeness (QED) is 0.539. The van der Waals surface area contributed by atoms with Gasteiger partial charge in [0.05, 0.1) is 0 Å². The number of nitrogens with one attached hydrogen (secondary N) is 1. The first-order valence-electron chi connectivity index (χ1n) is 3.70. The van der Waals surface area contributed by atoms with Gasteiger partial charge in [-0.25, -0.2) is 0 Å². The first-order valence-corrected chi connectivity index (χ1v) is 3.70. The molecule has 1 heteroatoms. The minimum absolute atomic E-state index is 0.321. The highest BCUT2D eigenvalue weighted by molar-refractivity contribution is 5.14. The Morgan fingerprint density at radius 1 is 1.20 bits per heavy atom. The predicted octanol–water partition coefficient (Wildman–Crippen LogP) is 2.07. The molecule has 1 heterocycles. The predicted molar refractivity (Wildman–Crippen MR) is 44.7 cm³/mol. The molecule has 1 rings (SSSR count). The molecular formula is C9H15N. The van der Waals surface area contributed by atoms with Gasteiger partial charge in [0.1, 0.15) is 0 Å². The summed E-state index contributed by atoms with van der Waals surface area (Å²) in [6.45, 7) is 6.69. The molecule has 0 bridgehead atoms. The van der Waals surface area contributed by atoms with Crippen molar-refractivity contribution in [2.45, 2.75) is 26.8 Å². The largest absolute Gasteiger partial charge is 0.384 e. The molecule has 1 nitrogen and oxygen atoms in total. The van der Waals surface area contributed by atoms with Crippen molar-refractivity contribution in [3.05, 3.63) is 24.4 Å². The molecule has 0 fully saturated rings. The van der Waals surface area contributed by atoms with Gasteiger partial charge in [-0.3, -0.25) is 0 Å². The SMILES string of the molecule is CC(C)(C)[C@H]1C=CC=CN1. The highest BCUT2D eigenvalue weighted by Gasteiger charge is 2.20. The Balaban J connectivity index is 2.60. The van der Waals surface area contributed by atoms with E-state index in [4.69, 9.17) is 0 Å². The van der Waals surface area contributed by atoms with Crippen LogP contribution in [0.15, 0.2) is 24.4 Å². The van der Waals surface area contributed by atoms with Gasteiger partial charge in [-0.05, 0) is 17.7 Å². The first-order chi connectivity index (χ1) is 4.61. The topological polar surface area (TPSA) is 12.0 Å². The number of rotatable bonds is 0. The Bertz CT molecular complexity index is 160. The fraction of sp³-hybridized carbons (Fsp3) is 0.556. The standard InChI is InChI=1S/C9H15N/c1-9(2,3)8-6-4-5-7-10-8/h4-8,10H,1-3H3/t8-/m1/s1. The van der Waals surface area contributed by atoms with E-state index in [9.17, 15) is 0 Å². The van der Waals surface area contributed by atoms with Crippen LogP contribution >= 0.6 is 0 Å². The Labute approximate surface area is 62.8 Å². The molecule has 1 aliphatic rings. The highest BCUT2D eigenvalue weighted by Crippen LogP contribution is 2.21. The molecule has 0 saturated heterocycles. The van der Waals surface area contributed by atoms with E-state index in [0.29, 0.717) is 11.5 Å². The molecule has 1 N–H and O–H groups in total. The molecule has 56 valence electrons. The zero-order chi connectivity index (χ0) is 7.61. The van der Waals surface area contributed by atoms with Crippen LogP contribution < -0.4 is 5.32 Å². The van der Waals surface area contributed by atoms with Crippen molar-refractivity contribution in [2.24, 2.45) is 5.41 Å². The molecular weight excluding hydrogens is 122 g/mol. The van der Waals surface area contributed by atoms with Crippen molar-refractivity contribution in [3.63, 3.8) is 0 Å². The van der Waals surface area contributed by atoms with E-state index < -0.39 is 0 Å². The summed E-state index contributed by atoms with van der Waals surface area (Å²) in [5, 5.41) is 3.29. The third-order valence-corrected chi connectivity index (χ3v) is 1.72. The van der Waals surface area contributed by atoms with Gasteiger partial charge in [0.2, 0.25) is 0 Å². The summed E-state index contributed by atoms with van der Waals surface area (Å²) in [4.78, 5) is 0. The van der Waals surface area contributed by atoms with Gasteiger partial charge in [0, 0.05) is 6.04 Å². The lowest BCUT2D eigenvalue weighted by atomic mass is 9.86. The fourth-order valence-corrected chi connectivity index (χ4v) is 0.984. The number of allylic oxidation sites excluding steroid dienone is 2. The van der Waals surface area contributed by atoms with Crippen molar-refractivity contribution >= 4 is 0 Å². The lowest BCUT2D eigenvalue weighted by Gasteiger charge is -2.29. The smallest absolute Gasteiger partial charge is 0.0490 e. The van der Waals surface area contributed by atoms with Gasteiger partial charge in [0.25, 0.3) is 0 Å². The normalized spacial score (nSPS) is 24.5. The van der Waals surface area contributed by atoms with Crippen molar-refractivity contribution in [1.82, 2.24) is 5.32 Å². The molecule has 0 aromatic rings.